The molecule has 0 amide bonds. The van der Waals surface area contributed by atoms with Crippen LogP contribution in [0, 0.1) is 5.41 Å². The molecular formula is C22H23F7N6. The number of halogens is 7. The van der Waals surface area contributed by atoms with Gasteiger partial charge < -0.3 is 10.6 Å². The van der Waals surface area contributed by atoms with Gasteiger partial charge in [-0.2, -0.15) is 28.1 Å². The van der Waals surface area contributed by atoms with Gasteiger partial charge >= 0.3 is 6.18 Å². The molecule has 6 nitrogen and oxygen atoms in total. The van der Waals surface area contributed by atoms with E-state index in [0.29, 0.717) is 12.8 Å². The van der Waals surface area contributed by atoms with Gasteiger partial charge in [0.15, 0.2) is 5.82 Å². The zero-order valence-electron chi connectivity index (χ0n) is 18.5. The van der Waals surface area contributed by atoms with Crippen LogP contribution in [-0.2, 0) is 6.18 Å². The lowest BCUT2D eigenvalue weighted by atomic mass is 9.52. The topological polar surface area (TPSA) is 75.6 Å². The second-order valence-corrected chi connectivity index (χ2v) is 9.95. The van der Waals surface area contributed by atoms with E-state index in [1.807, 2.05) is 0 Å². The van der Waals surface area contributed by atoms with Gasteiger partial charge in [-0.15, -0.1) is 0 Å². The van der Waals surface area contributed by atoms with Crippen LogP contribution in [0.5, 0.6) is 0 Å². The van der Waals surface area contributed by atoms with Gasteiger partial charge in [-0.05, 0) is 43.2 Å². The Morgan fingerprint density at radius 3 is 1.94 bits per heavy atom. The van der Waals surface area contributed by atoms with E-state index < -0.39 is 29.1 Å². The molecule has 0 bridgehead atoms. The van der Waals surface area contributed by atoms with Gasteiger partial charge in [0.1, 0.15) is 11.4 Å². The summed E-state index contributed by atoms with van der Waals surface area (Å²) in [5.74, 6) is -5.40. The number of aromatic nitrogens is 4. The van der Waals surface area contributed by atoms with E-state index in [1.165, 1.54) is 12.1 Å². The molecule has 0 radical (unpaired) electrons. The Bertz CT molecular complexity index is 1080. The molecule has 0 atom stereocenters. The van der Waals surface area contributed by atoms with Crippen molar-refractivity contribution in [2.45, 2.75) is 81.5 Å². The summed E-state index contributed by atoms with van der Waals surface area (Å²) in [5.41, 5.74) is -1.64. The second-order valence-electron chi connectivity index (χ2n) is 9.95. The number of nitrogens with one attached hydrogen (secondary N) is 2. The van der Waals surface area contributed by atoms with Gasteiger partial charge in [-0.3, -0.25) is 0 Å². The molecule has 2 aromatic heterocycles. The minimum Gasteiger partial charge on any atom is -0.351 e. The first-order valence-corrected chi connectivity index (χ1v) is 11.4. The second kappa shape index (κ2) is 8.16. The Morgan fingerprint density at radius 1 is 0.771 bits per heavy atom. The number of hydrogen-bond acceptors (Lipinski definition) is 6. The summed E-state index contributed by atoms with van der Waals surface area (Å²) in [4.78, 5) is 16.3. The SMILES string of the molecule is FC1(F)CCC(Nc2nc(NC3CC4(C3)CC(F)(F)C4)nc(-c3cccc(C(F)(F)F)n3)n2)CC1. The van der Waals surface area contributed by atoms with E-state index in [9.17, 15) is 30.7 Å². The third-order valence-corrected chi connectivity index (χ3v) is 6.91. The molecule has 35 heavy (non-hydrogen) atoms. The minimum atomic E-state index is -4.66. The Labute approximate surface area is 196 Å². The normalized spacial score (nSPS) is 23.4. The summed E-state index contributed by atoms with van der Waals surface area (Å²) in [6.07, 6.45) is -4.20. The quantitative estimate of drug-likeness (QED) is 0.492. The molecule has 3 saturated carbocycles. The van der Waals surface area contributed by atoms with E-state index in [0.717, 1.165) is 6.07 Å². The predicted octanol–water partition coefficient (Wildman–Crippen LogP) is 5.93. The van der Waals surface area contributed by atoms with Gasteiger partial charge in [0.2, 0.25) is 23.7 Å². The molecule has 0 saturated heterocycles. The summed E-state index contributed by atoms with van der Waals surface area (Å²) in [6, 6.07) is 2.83. The zero-order chi connectivity index (χ0) is 25.1. The number of pyridine rings is 1. The van der Waals surface area contributed by atoms with Crippen LogP contribution in [0.1, 0.15) is 57.1 Å². The van der Waals surface area contributed by atoms with Crippen molar-refractivity contribution >= 4 is 11.9 Å². The Kier molecular flexibility index (Phi) is 5.59. The summed E-state index contributed by atoms with van der Waals surface area (Å²) >= 11 is 0. The van der Waals surface area contributed by atoms with E-state index in [-0.39, 0.29) is 74.0 Å². The standard InChI is InChI=1S/C22H23F7N6/c23-20(24)6-4-12(5-7-20)30-17-33-16(14-2-1-3-15(32-14)22(27,28)29)34-18(35-17)31-13-8-19(9-13)10-21(25,26)11-19/h1-3,12-13H,4-11H2,(H2,30,31,33,34,35). The Balaban J connectivity index is 1.37. The van der Waals surface area contributed by atoms with Crippen LogP contribution in [0.2, 0.25) is 0 Å². The van der Waals surface area contributed by atoms with E-state index >= 15 is 0 Å². The molecular weight excluding hydrogens is 481 g/mol. The fourth-order valence-electron chi connectivity index (χ4n) is 5.31. The molecule has 1 spiro atoms. The Morgan fingerprint density at radius 2 is 1.37 bits per heavy atom. The lowest BCUT2D eigenvalue weighted by Crippen LogP contribution is -2.57. The van der Waals surface area contributed by atoms with Crippen molar-refractivity contribution in [1.29, 1.82) is 0 Å². The van der Waals surface area contributed by atoms with Crippen LogP contribution in [-0.4, -0.2) is 43.9 Å². The van der Waals surface area contributed by atoms with Crippen LogP contribution < -0.4 is 10.6 Å². The van der Waals surface area contributed by atoms with Crippen LogP contribution in [0.4, 0.5) is 42.6 Å². The molecule has 0 aliphatic heterocycles. The highest BCUT2D eigenvalue weighted by molar-refractivity contribution is 5.54. The molecule has 0 aromatic carbocycles. The van der Waals surface area contributed by atoms with Crippen LogP contribution >= 0.6 is 0 Å². The molecule has 190 valence electrons. The minimum absolute atomic E-state index is 0.0242. The third kappa shape index (κ3) is 5.27. The van der Waals surface area contributed by atoms with Crippen LogP contribution in [0.3, 0.4) is 0 Å². The average Bonchev–Trinajstić information content (AvgIpc) is 2.72. The van der Waals surface area contributed by atoms with Gasteiger partial charge in [-0.25, -0.2) is 22.5 Å². The highest BCUT2D eigenvalue weighted by Crippen LogP contribution is 2.62. The lowest BCUT2D eigenvalue weighted by Gasteiger charge is -2.57. The number of rotatable bonds is 5. The fraction of sp³-hybridized carbons (Fsp3) is 0.636. The molecule has 3 aliphatic rings. The summed E-state index contributed by atoms with van der Waals surface area (Å²) in [5, 5.41) is 6.05. The first kappa shape index (κ1) is 24.0. The van der Waals surface area contributed by atoms with Gasteiger partial charge in [0.05, 0.1) is 0 Å². The first-order valence-electron chi connectivity index (χ1n) is 11.4. The van der Waals surface area contributed by atoms with Crippen molar-refractivity contribution in [1.82, 2.24) is 19.9 Å². The number of hydrogen-bond donors (Lipinski definition) is 2. The van der Waals surface area contributed by atoms with Crippen molar-refractivity contribution in [3.63, 3.8) is 0 Å². The highest BCUT2D eigenvalue weighted by atomic mass is 19.4. The monoisotopic (exact) mass is 504 g/mol. The molecule has 5 rings (SSSR count). The largest absolute Gasteiger partial charge is 0.433 e. The number of alkyl halides is 7. The maximum atomic E-state index is 13.5. The molecule has 2 aromatic rings. The van der Waals surface area contributed by atoms with Crippen molar-refractivity contribution < 1.29 is 30.7 Å². The van der Waals surface area contributed by atoms with Gasteiger partial charge in [0, 0.05) is 37.8 Å². The van der Waals surface area contributed by atoms with Gasteiger partial charge in [-0.1, -0.05) is 6.07 Å². The van der Waals surface area contributed by atoms with Crippen molar-refractivity contribution in [3.05, 3.63) is 23.9 Å². The number of anilines is 2. The fourth-order valence-corrected chi connectivity index (χ4v) is 5.31. The maximum absolute atomic E-state index is 13.5. The summed E-state index contributed by atoms with van der Waals surface area (Å²) < 4.78 is 93.1. The number of nitrogens with zero attached hydrogens (tertiary/aromatic N) is 4. The van der Waals surface area contributed by atoms with Crippen molar-refractivity contribution in [2.24, 2.45) is 5.41 Å². The van der Waals surface area contributed by atoms with E-state index in [1.54, 1.807) is 0 Å². The summed E-state index contributed by atoms with van der Waals surface area (Å²) in [6.45, 7) is 0. The molecule has 2 heterocycles. The van der Waals surface area contributed by atoms with Crippen molar-refractivity contribution in [3.8, 4) is 11.5 Å². The molecule has 3 fully saturated rings. The molecule has 3 aliphatic carbocycles. The summed E-state index contributed by atoms with van der Waals surface area (Å²) in [7, 11) is 0. The Hall–Kier alpha value is -2.73. The molecule has 2 N–H and O–H groups in total. The van der Waals surface area contributed by atoms with Crippen LogP contribution in [0.25, 0.3) is 11.5 Å². The lowest BCUT2D eigenvalue weighted by molar-refractivity contribution is -0.193. The maximum Gasteiger partial charge on any atom is 0.433 e. The molecule has 0 unspecified atom stereocenters. The first-order chi connectivity index (χ1) is 16.3. The van der Waals surface area contributed by atoms with E-state index in [4.69, 9.17) is 0 Å². The van der Waals surface area contributed by atoms with Gasteiger partial charge in [0.25, 0.3) is 0 Å². The predicted molar refractivity (Wildman–Crippen MR) is 112 cm³/mol. The highest BCUT2D eigenvalue weighted by Gasteiger charge is 2.61. The molecule has 13 heteroatoms. The van der Waals surface area contributed by atoms with Crippen molar-refractivity contribution in [2.75, 3.05) is 10.6 Å². The van der Waals surface area contributed by atoms with E-state index in [2.05, 4.69) is 30.6 Å². The average molecular weight is 504 g/mol. The zero-order valence-corrected chi connectivity index (χ0v) is 18.5. The third-order valence-electron chi connectivity index (χ3n) is 6.91. The smallest absolute Gasteiger partial charge is 0.351 e. The van der Waals surface area contributed by atoms with Crippen LogP contribution in [0.15, 0.2) is 18.2 Å².